The molecule has 3 heterocycles. The maximum Gasteiger partial charge on any atom is 0.213 e. The van der Waals surface area contributed by atoms with E-state index in [1.807, 2.05) is 24.3 Å². The van der Waals surface area contributed by atoms with Gasteiger partial charge < -0.3 is 9.30 Å². The van der Waals surface area contributed by atoms with E-state index in [1.165, 1.54) is 5.56 Å². The van der Waals surface area contributed by atoms with Crippen molar-refractivity contribution in [1.29, 1.82) is 0 Å². The molecule has 0 saturated heterocycles. The molecule has 0 N–H and O–H groups in total. The van der Waals surface area contributed by atoms with Crippen molar-refractivity contribution in [1.82, 2.24) is 9.55 Å². The second-order valence-electron chi connectivity index (χ2n) is 5.60. The molecule has 6 heteroatoms. The van der Waals surface area contributed by atoms with Gasteiger partial charge in [0.15, 0.2) is 0 Å². The highest BCUT2D eigenvalue weighted by Gasteiger charge is 2.27. The number of fused-ring (bicyclic) bond motifs is 5. The van der Waals surface area contributed by atoms with Gasteiger partial charge in [-0.3, -0.25) is 10.1 Å². The van der Waals surface area contributed by atoms with Crippen molar-refractivity contribution in [2.75, 3.05) is 13.7 Å². The topological polar surface area (TPSA) is 70.2 Å². The van der Waals surface area contributed by atoms with Gasteiger partial charge in [-0.2, -0.15) is 0 Å². The number of aromatic nitrogens is 2. The largest absolute Gasteiger partial charge is 0.481 e. The lowest BCUT2D eigenvalue weighted by Gasteiger charge is -2.03. The van der Waals surface area contributed by atoms with Crippen LogP contribution in [-0.4, -0.2) is 28.1 Å². The summed E-state index contributed by atoms with van der Waals surface area (Å²) in [5.41, 5.74) is 6.16. The first-order chi connectivity index (χ1) is 11.2. The zero-order chi connectivity index (χ0) is 16.0. The van der Waals surface area contributed by atoms with E-state index in [0.29, 0.717) is 12.3 Å². The van der Waals surface area contributed by atoms with Gasteiger partial charge in [0.2, 0.25) is 12.4 Å². The van der Waals surface area contributed by atoms with Crippen LogP contribution in [-0.2, 0) is 13.0 Å². The van der Waals surface area contributed by atoms with Gasteiger partial charge in [-0.1, -0.05) is 24.3 Å². The molecule has 1 aromatic carbocycles. The molecule has 2 aromatic heterocycles. The highest BCUT2D eigenvalue weighted by Crippen LogP contribution is 2.41. The van der Waals surface area contributed by atoms with Crippen molar-refractivity contribution in [2.45, 2.75) is 13.0 Å². The van der Waals surface area contributed by atoms with Crippen molar-refractivity contribution in [3.8, 4) is 17.1 Å². The van der Waals surface area contributed by atoms with Crippen molar-refractivity contribution >= 4 is 11.0 Å². The number of nitro groups is 1. The van der Waals surface area contributed by atoms with Gasteiger partial charge in [0.25, 0.3) is 0 Å². The van der Waals surface area contributed by atoms with Gasteiger partial charge >= 0.3 is 0 Å². The Labute approximate surface area is 132 Å². The standard InChI is InChI=1S/C17H15N3O3/c1-23-15-7-6-14-16(18-15)13(8-9-20(21)22)17-12-5-3-2-4-11(12)10-19(14)17/h2-7H,8-10H2,1H3. The molecule has 0 unspecified atom stereocenters. The molecule has 0 atom stereocenters. The Morgan fingerprint density at radius 1 is 1.30 bits per heavy atom. The first-order valence-electron chi connectivity index (χ1n) is 7.45. The minimum absolute atomic E-state index is 0.104. The van der Waals surface area contributed by atoms with Gasteiger partial charge in [-0.25, -0.2) is 4.98 Å². The number of ether oxygens (including phenoxy) is 1. The second kappa shape index (κ2) is 5.08. The fourth-order valence-corrected chi connectivity index (χ4v) is 3.35. The Kier molecular flexibility index (Phi) is 3.04. The van der Waals surface area contributed by atoms with E-state index < -0.39 is 0 Å². The summed E-state index contributed by atoms with van der Waals surface area (Å²) in [5, 5.41) is 10.9. The van der Waals surface area contributed by atoms with E-state index in [1.54, 1.807) is 7.11 Å². The van der Waals surface area contributed by atoms with Crippen LogP contribution >= 0.6 is 0 Å². The molecule has 0 amide bonds. The molecular weight excluding hydrogens is 294 g/mol. The molecule has 0 radical (unpaired) electrons. The number of methoxy groups -OCH3 is 1. The summed E-state index contributed by atoms with van der Waals surface area (Å²) in [6, 6.07) is 12.0. The third kappa shape index (κ3) is 2.06. The van der Waals surface area contributed by atoms with E-state index in [4.69, 9.17) is 4.74 Å². The normalized spacial score (nSPS) is 12.2. The quantitative estimate of drug-likeness (QED) is 0.429. The molecule has 0 bridgehead atoms. The van der Waals surface area contributed by atoms with Crippen LogP contribution < -0.4 is 4.74 Å². The van der Waals surface area contributed by atoms with Crippen LogP contribution in [0.2, 0.25) is 0 Å². The Morgan fingerprint density at radius 2 is 2.13 bits per heavy atom. The van der Waals surface area contributed by atoms with Crippen LogP contribution in [0.25, 0.3) is 22.3 Å². The summed E-state index contributed by atoms with van der Waals surface area (Å²) in [6.45, 7) is 0.668. The number of nitrogens with zero attached hydrogens (tertiary/aromatic N) is 3. The first-order valence-corrected chi connectivity index (χ1v) is 7.45. The van der Waals surface area contributed by atoms with Gasteiger partial charge in [-0.05, 0) is 11.6 Å². The molecule has 6 nitrogen and oxygen atoms in total. The molecule has 116 valence electrons. The molecule has 1 aliphatic heterocycles. The number of rotatable bonds is 4. The average molecular weight is 309 g/mol. The van der Waals surface area contributed by atoms with Gasteiger partial charge in [0.05, 0.1) is 23.8 Å². The minimum Gasteiger partial charge on any atom is -0.481 e. The maximum atomic E-state index is 10.9. The predicted octanol–water partition coefficient (Wildman–Crippen LogP) is 2.89. The molecule has 0 fully saturated rings. The van der Waals surface area contributed by atoms with E-state index >= 15 is 0 Å². The lowest BCUT2D eigenvalue weighted by Crippen LogP contribution is -2.05. The SMILES string of the molecule is COc1ccc2c(n1)c(CC[N+](=O)[O-])c1n2Cc2ccccc2-1. The van der Waals surface area contributed by atoms with E-state index in [9.17, 15) is 10.1 Å². The lowest BCUT2D eigenvalue weighted by atomic mass is 10.0. The maximum absolute atomic E-state index is 10.9. The van der Waals surface area contributed by atoms with E-state index in [2.05, 4.69) is 21.7 Å². The molecular formula is C17H15N3O3. The van der Waals surface area contributed by atoms with Gasteiger partial charge in [-0.15, -0.1) is 0 Å². The molecule has 4 rings (SSSR count). The van der Waals surface area contributed by atoms with Gasteiger partial charge in [0.1, 0.15) is 0 Å². The Balaban J connectivity index is 1.98. The minimum atomic E-state index is -0.281. The summed E-state index contributed by atoms with van der Waals surface area (Å²) < 4.78 is 7.42. The molecule has 23 heavy (non-hydrogen) atoms. The van der Waals surface area contributed by atoms with Crippen LogP contribution in [0.15, 0.2) is 36.4 Å². The van der Waals surface area contributed by atoms with E-state index in [0.717, 1.165) is 34.4 Å². The molecule has 3 aromatic rings. The number of pyridine rings is 1. The van der Waals surface area contributed by atoms with Crippen molar-refractivity contribution < 1.29 is 9.66 Å². The summed E-state index contributed by atoms with van der Waals surface area (Å²) >= 11 is 0. The average Bonchev–Trinajstić information content (AvgIpc) is 3.07. The molecule has 0 aliphatic carbocycles. The van der Waals surface area contributed by atoms with Crippen LogP contribution in [0.5, 0.6) is 5.88 Å². The monoisotopic (exact) mass is 309 g/mol. The van der Waals surface area contributed by atoms with Crippen molar-refractivity contribution in [3.05, 3.63) is 57.6 Å². The molecule has 0 saturated carbocycles. The molecule has 0 spiro atoms. The summed E-state index contributed by atoms with van der Waals surface area (Å²) in [4.78, 5) is 15.1. The summed E-state index contributed by atoms with van der Waals surface area (Å²) in [5.74, 6) is 0.525. The number of hydrogen-bond acceptors (Lipinski definition) is 4. The third-order valence-corrected chi connectivity index (χ3v) is 4.34. The zero-order valence-electron chi connectivity index (χ0n) is 12.7. The lowest BCUT2D eigenvalue weighted by molar-refractivity contribution is -0.479. The first kappa shape index (κ1) is 13.8. The van der Waals surface area contributed by atoms with Crippen LogP contribution in [0.1, 0.15) is 11.1 Å². The third-order valence-electron chi connectivity index (χ3n) is 4.34. The summed E-state index contributed by atoms with van der Waals surface area (Å²) in [6.07, 6.45) is 0.361. The fourth-order valence-electron chi connectivity index (χ4n) is 3.35. The Bertz CT molecular complexity index is 930. The van der Waals surface area contributed by atoms with Gasteiger partial charge in [0, 0.05) is 35.1 Å². The Morgan fingerprint density at radius 3 is 2.91 bits per heavy atom. The van der Waals surface area contributed by atoms with Crippen LogP contribution in [0.4, 0.5) is 0 Å². The molecule has 1 aliphatic rings. The highest BCUT2D eigenvalue weighted by atomic mass is 16.6. The van der Waals surface area contributed by atoms with E-state index in [-0.39, 0.29) is 11.5 Å². The summed E-state index contributed by atoms with van der Waals surface area (Å²) in [7, 11) is 1.57. The van der Waals surface area contributed by atoms with Crippen molar-refractivity contribution in [3.63, 3.8) is 0 Å². The second-order valence-corrected chi connectivity index (χ2v) is 5.60. The van der Waals surface area contributed by atoms with Crippen LogP contribution in [0.3, 0.4) is 0 Å². The number of hydrogen-bond donors (Lipinski definition) is 0. The zero-order valence-corrected chi connectivity index (χ0v) is 12.7. The smallest absolute Gasteiger partial charge is 0.213 e. The Hall–Kier alpha value is -2.89. The number of benzene rings is 1. The predicted molar refractivity (Wildman–Crippen MR) is 86.4 cm³/mol. The van der Waals surface area contributed by atoms with Crippen LogP contribution in [0, 0.1) is 10.1 Å². The van der Waals surface area contributed by atoms with Crippen molar-refractivity contribution in [2.24, 2.45) is 0 Å². The highest BCUT2D eigenvalue weighted by molar-refractivity contribution is 5.91. The fraction of sp³-hybridized carbons (Fsp3) is 0.235.